The van der Waals surface area contributed by atoms with Gasteiger partial charge in [-0.05, 0) is 12.3 Å². The first-order chi connectivity index (χ1) is 6.33. The number of rotatable bonds is 2. The number of nitrogens with one attached hydrogen (secondary N) is 1. The highest BCUT2D eigenvalue weighted by Crippen LogP contribution is 2.26. The summed E-state index contributed by atoms with van der Waals surface area (Å²) in [6.07, 6.45) is 1.15. The van der Waals surface area contributed by atoms with Crippen LogP contribution in [0.2, 0.25) is 0 Å². The highest BCUT2D eigenvalue weighted by atomic mass is 16.5. The maximum atomic E-state index is 11.6. The van der Waals surface area contributed by atoms with E-state index in [1.54, 1.807) is 7.11 Å². The monoisotopic (exact) mass is 184 g/mol. The lowest BCUT2D eigenvalue weighted by molar-refractivity contribution is -0.135. The van der Waals surface area contributed by atoms with E-state index in [0.29, 0.717) is 12.0 Å². The fourth-order valence-electron chi connectivity index (χ4n) is 2.37. The molecule has 13 heavy (non-hydrogen) atoms. The first-order valence-electron chi connectivity index (χ1n) is 4.82. The zero-order chi connectivity index (χ0) is 9.26. The topological polar surface area (TPSA) is 41.6 Å². The summed E-state index contributed by atoms with van der Waals surface area (Å²) in [5.74, 6) is 0.819. The van der Waals surface area contributed by atoms with Crippen LogP contribution in [0, 0.1) is 5.92 Å². The molecule has 2 aliphatic rings. The Labute approximate surface area is 78.2 Å². The van der Waals surface area contributed by atoms with Crippen molar-refractivity contribution < 1.29 is 9.53 Å². The molecule has 0 spiro atoms. The highest BCUT2D eigenvalue weighted by Gasteiger charge is 2.39. The molecule has 2 rings (SSSR count). The van der Waals surface area contributed by atoms with Gasteiger partial charge in [0.25, 0.3) is 0 Å². The SMILES string of the molecule is COCC(=O)N1CCC2CNCC21. The van der Waals surface area contributed by atoms with Gasteiger partial charge in [0.1, 0.15) is 6.61 Å². The van der Waals surface area contributed by atoms with Gasteiger partial charge in [0.15, 0.2) is 0 Å². The van der Waals surface area contributed by atoms with Gasteiger partial charge in [0, 0.05) is 32.8 Å². The van der Waals surface area contributed by atoms with Gasteiger partial charge in [0.2, 0.25) is 5.91 Å². The van der Waals surface area contributed by atoms with Crippen molar-refractivity contribution in [2.75, 3.05) is 33.4 Å². The zero-order valence-electron chi connectivity index (χ0n) is 7.95. The number of hydrogen-bond acceptors (Lipinski definition) is 3. The van der Waals surface area contributed by atoms with Gasteiger partial charge in [-0.3, -0.25) is 4.79 Å². The van der Waals surface area contributed by atoms with E-state index < -0.39 is 0 Å². The smallest absolute Gasteiger partial charge is 0.248 e. The molecule has 1 N–H and O–H groups in total. The Kier molecular flexibility index (Phi) is 2.51. The van der Waals surface area contributed by atoms with E-state index in [1.165, 1.54) is 0 Å². The number of likely N-dealkylation sites (tertiary alicyclic amines) is 1. The Morgan fingerprint density at radius 3 is 3.23 bits per heavy atom. The number of amides is 1. The third-order valence-electron chi connectivity index (χ3n) is 3.03. The normalized spacial score (nSPS) is 32.2. The van der Waals surface area contributed by atoms with Gasteiger partial charge in [-0.15, -0.1) is 0 Å². The summed E-state index contributed by atoms with van der Waals surface area (Å²) in [4.78, 5) is 13.5. The largest absolute Gasteiger partial charge is 0.375 e. The van der Waals surface area contributed by atoms with Gasteiger partial charge < -0.3 is 15.0 Å². The van der Waals surface area contributed by atoms with E-state index >= 15 is 0 Å². The number of hydrogen-bond donors (Lipinski definition) is 1. The standard InChI is InChI=1S/C9H16N2O2/c1-13-6-9(12)11-3-2-7-4-10-5-8(7)11/h7-8,10H,2-6H2,1H3. The molecule has 1 amide bonds. The van der Waals surface area contributed by atoms with E-state index in [-0.39, 0.29) is 12.5 Å². The summed E-state index contributed by atoms with van der Waals surface area (Å²) >= 11 is 0. The third kappa shape index (κ3) is 1.56. The van der Waals surface area contributed by atoms with Crippen LogP contribution in [0.5, 0.6) is 0 Å². The molecule has 2 heterocycles. The van der Waals surface area contributed by atoms with Gasteiger partial charge in [-0.1, -0.05) is 0 Å². The minimum Gasteiger partial charge on any atom is -0.375 e. The molecule has 2 saturated heterocycles. The Morgan fingerprint density at radius 2 is 2.46 bits per heavy atom. The number of nitrogens with zero attached hydrogens (tertiary/aromatic N) is 1. The second kappa shape index (κ2) is 3.64. The van der Waals surface area contributed by atoms with Gasteiger partial charge in [-0.25, -0.2) is 0 Å². The molecule has 0 saturated carbocycles. The first-order valence-corrected chi connectivity index (χ1v) is 4.82. The molecule has 4 nitrogen and oxygen atoms in total. The summed E-state index contributed by atoms with van der Waals surface area (Å²) in [7, 11) is 1.57. The molecule has 2 aliphatic heterocycles. The van der Waals surface area contributed by atoms with Crippen LogP contribution in [0.3, 0.4) is 0 Å². The van der Waals surface area contributed by atoms with E-state index in [2.05, 4.69) is 5.32 Å². The average Bonchev–Trinajstić information content (AvgIpc) is 2.62. The van der Waals surface area contributed by atoms with Crippen LogP contribution in [-0.2, 0) is 9.53 Å². The van der Waals surface area contributed by atoms with Crippen LogP contribution in [0.15, 0.2) is 0 Å². The van der Waals surface area contributed by atoms with Crippen molar-refractivity contribution in [3.05, 3.63) is 0 Å². The van der Waals surface area contributed by atoms with E-state index in [4.69, 9.17) is 4.74 Å². The third-order valence-corrected chi connectivity index (χ3v) is 3.03. The molecular weight excluding hydrogens is 168 g/mol. The van der Waals surface area contributed by atoms with Crippen molar-refractivity contribution in [1.82, 2.24) is 10.2 Å². The second-order valence-electron chi connectivity index (χ2n) is 3.79. The molecular formula is C9H16N2O2. The zero-order valence-corrected chi connectivity index (χ0v) is 7.95. The van der Waals surface area contributed by atoms with Crippen LogP contribution >= 0.6 is 0 Å². The molecule has 74 valence electrons. The molecule has 0 bridgehead atoms. The molecule has 0 aromatic carbocycles. The minimum atomic E-state index is 0.138. The average molecular weight is 184 g/mol. The summed E-state index contributed by atoms with van der Waals surface area (Å²) in [5.41, 5.74) is 0. The molecule has 0 aromatic rings. The Bertz CT molecular complexity index is 208. The van der Waals surface area contributed by atoms with Gasteiger partial charge >= 0.3 is 0 Å². The lowest BCUT2D eigenvalue weighted by atomic mass is 10.1. The molecule has 2 unspecified atom stereocenters. The summed E-state index contributed by atoms with van der Waals surface area (Å²) < 4.78 is 4.85. The molecule has 0 aliphatic carbocycles. The molecule has 0 radical (unpaired) electrons. The number of ether oxygens (including phenoxy) is 1. The molecule has 2 fully saturated rings. The number of methoxy groups -OCH3 is 1. The summed E-state index contributed by atoms with van der Waals surface area (Å²) in [6.45, 7) is 3.17. The highest BCUT2D eigenvalue weighted by molar-refractivity contribution is 5.78. The van der Waals surface area contributed by atoms with Crippen LogP contribution in [0.25, 0.3) is 0 Å². The fraction of sp³-hybridized carbons (Fsp3) is 0.889. The van der Waals surface area contributed by atoms with Crippen molar-refractivity contribution in [3.63, 3.8) is 0 Å². The van der Waals surface area contributed by atoms with Crippen LogP contribution in [-0.4, -0.2) is 50.2 Å². The van der Waals surface area contributed by atoms with Crippen LogP contribution in [0.1, 0.15) is 6.42 Å². The number of fused-ring (bicyclic) bond motifs is 1. The minimum absolute atomic E-state index is 0.138. The lowest BCUT2D eigenvalue weighted by Gasteiger charge is -2.22. The van der Waals surface area contributed by atoms with Crippen molar-refractivity contribution in [1.29, 1.82) is 0 Å². The molecule has 4 heteroatoms. The summed E-state index contributed by atoms with van der Waals surface area (Å²) in [5, 5.41) is 3.32. The maximum Gasteiger partial charge on any atom is 0.248 e. The van der Waals surface area contributed by atoms with Crippen molar-refractivity contribution in [2.45, 2.75) is 12.5 Å². The fourth-order valence-corrected chi connectivity index (χ4v) is 2.37. The Morgan fingerprint density at radius 1 is 1.62 bits per heavy atom. The molecule has 2 atom stereocenters. The van der Waals surface area contributed by atoms with Crippen molar-refractivity contribution in [3.8, 4) is 0 Å². The molecule has 0 aromatic heterocycles. The van der Waals surface area contributed by atoms with E-state index in [9.17, 15) is 4.79 Å². The van der Waals surface area contributed by atoms with E-state index in [0.717, 1.165) is 26.1 Å². The van der Waals surface area contributed by atoms with Crippen LogP contribution < -0.4 is 5.32 Å². The predicted molar refractivity (Wildman–Crippen MR) is 48.4 cm³/mol. The van der Waals surface area contributed by atoms with E-state index in [1.807, 2.05) is 4.90 Å². The summed E-state index contributed by atoms with van der Waals surface area (Å²) in [6, 6.07) is 0.433. The Hall–Kier alpha value is -0.610. The lowest BCUT2D eigenvalue weighted by Crippen LogP contribution is -2.40. The predicted octanol–water partition coefficient (Wildman–Crippen LogP) is -0.547. The van der Waals surface area contributed by atoms with Crippen LogP contribution in [0.4, 0.5) is 0 Å². The van der Waals surface area contributed by atoms with Gasteiger partial charge in [-0.2, -0.15) is 0 Å². The van der Waals surface area contributed by atoms with Crippen molar-refractivity contribution in [2.24, 2.45) is 5.92 Å². The van der Waals surface area contributed by atoms with Gasteiger partial charge in [0.05, 0.1) is 0 Å². The Balaban J connectivity index is 1.96. The maximum absolute atomic E-state index is 11.6. The number of carbonyl (C=O) groups is 1. The second-order valence-corrected chi connectivity index (χ2v) is 3.79. The number of carbonyl (C=O) groups excluding carboxylic acids is 1. The first kappa shape index (κ1) is 8.97. The quantitative estimate of drug-likeness (QED) is 0.626. The van der Waals surface area contributed by atoms with Crippen molar-refractivity contribution >= 4 is 5.91 Å².